The number of rotatable bonds is 5. The summed E-state index contributed by atoms with van der Waals surface area (Å²) in [5.41, 5.74) is 4.28. The quantitative estimate of drug-likeness (QED) is 0.286. The van der Waals surface area contributed by atoms with Gasteiger partial charge in [-0.1, -0.05) is 47.5 Å². The molecule has 1 aliphatic rings. The Morgan fingerprint density at radius 1 is 1.03 bits per heavy atom. The molecule has 0 saturated heterocycles. The number of halogens is 4. The summed E-state index contributed by atoms with van der Waals surface area (Å²) in [5.74, 6) is 0.662. The Kier molecular flexibility index (Phi) is 6.77. The van der Waals surface area contributed by atoms with E-state index in [-0.39, 0.29) is 5.91 Å². The van der Waals surface area contributed by atoms with Gasteiger partial charge >= 0.3 is 0 Å². The summed E-state index contributed by atoms with van der Waals surface area (Å²) in [6.07, 6.45) is 1.91. The van der Waals surface area contributed by atoms with E-state index in [0.29, 0.717) is 34.5 Å². The molecular formula is C24H17Br2Cl2NO2. The van der Waals surface area contributed by atoms with Crippen LogP contribution >= 0.6 is 55.1 Å². The second-order valence-electron chi connectivity index (χ2n) is 6.96. The van der Waals surface area contributed by atoms with Crippen molar-refractivity contribution >= 4 is 78.3 Å². The molecule has 1 amide bonds. The molecule has 3 aromatic carbocycles. The minimum absolute atomic E-state index is 0.00801. The summed E-state index contributed by atoms with van der Waals surface area (Å²) in [6, 6.07) is 17.0. The zero-order valence-electron chi connectivity index (χ0n) is 16.5. The van der Waals surface area contributed by atoms with E-state index in [9.17, 15) is 4.79 Å². The van der Waals surface area contributed by atoms with Crippen LogP contribution in [-0.2, 0) is 11.4 Å². The van der Waals surface area contributed by atoms with Crippen molar-refractivity contribution in [1.82, 2.24) is 0 Å². The number of nitrogens with zero attached hydrogens (tertiary/aromatic N) is 1. The van der Waals surface area contributed by atoms with E-state index < -0.39 is 0 Å². The van der Waals surface area contributed by atoms with Gasteiger partial charge in [0.2, 0.25) is 0 Å². The summed E-state index contributed by atoms with van der Waals surface area (Å²) in [5, 5.41) is 1.14. The lowest BCUT2D eigenvalue weighted by Gasteiger charge is -2.13. The molecule has 0 atom stereocenters. The standard InChI is InChI=1S/C24H17Br2Cl2NO2/c1-2-29-22-6-4-3-5-17(22)18(24(29)30)9-14-10-19(25)23(20(26)11-14)31-13-15-7-8-16(27)12-21(15)28/h3-12H,2,13H2,1H3/b18-9-. The van der Waals surface area contributed by atoms with Gasteiger partial charge in [0.15, 0.2) is 0 Å². The third-order valence-electron chi connectivity index (χ3n) is 5.00. The van der Waals surface area contributed by atoms with Crippen LogP contribution < -0.4 is 9.64 Å². The van der Waals surface area contributed by atoms with Crippen LogP contribution in [0.2, 0.25) is 10.0 Å². The highest BCUT2D eigenvalue weighted by molar-refractivity contribution is 9.11. The van der Waals surface area contributed by atoms with Gasteiger partial charge in [-0.05, 0) is 80.8 Å². The van der Waals surface area contributed by atoms with Crippen molar-refractivity contribution in [1.29, 1.82) is 0 Å². The first-order valence-corrected chi connectivity index (χ1v) is 11.9. The molecule has 0 radical (unpaired) electrons. The first kappa shape index (κ1) is 22.4. The molecular weight excluding hydrogens is 565 g/mol. The number of ether oxygens (including phenoxy) is 1. The minimum atomic E-state index is 0.00801. The average molecular weight is 582 g/mol. The first-order valence-electron chi connectivity index (χ1n) is 9.57. The molecule has 0 saturated carbocycles. The van der Waals surface area contributed by atoms with E-state index in [1.54, 1.807) is 17.0 Å². The predicted octanol–water partition coefficient (Wildman–Crippen LogP) is 8.00. The molecule has 3 aromatic rings. The van der Waals surface area contributed by atoms with Gasteiger partial charge in [0.25, 0.3) is 5.91 Å². The van der Waals surface area contributed by atoms with E-state index in [1.807, 2.05) is 55.5 Å². The molecule has 0 unspecified atom stereocenters. The number of carbonyl (C=O) groups is 1. The Labute approximate surface area is 207 Å². The Hall–Kier alpha value is -1.79. The topological polar surface area (TPSA) is 29.5 Å². The molecule has 0 bridgehead atoms. The molecule has 0 N–H and O–H groups in total. The van der Waals surface area contributed by atoms with Crippen LogP contribution in [-0.4, -0.2) is 12.5 Å². The molecule has 3 nitrogen and oxygen atoms in total. The number of para-hydroxylation sites is 1. The van der Waals surface area contributed by atoms with Gasteiger partial charge < -0.3 is 9.64 Å². The van der Waals surface area contributed by atoms with E-state index in [4.69, 9.17) is 27.9 Å². The van der Waals surface area contributed by atoms with Crippen LogP contribution in [0.1, 0.15) is 23.6 Å². The molecule has 0 spiro atoms. The SMILES string of the molecule is CCN1C(=O)/C(=C\c2cc(Br)c(OCc3ccc(Cl)cc3Cl)c(Br)c2)c2ccccc21. The van der Waals surface area contributed by atoms with Crippen molar-refractivity contribution in [3.05, 3.63) is 90.3 Å². The summed E-state index contributed by atoms with van der Waals surface area (Å²) >= 11 is 19.4. The normalized spacial score (nSPS) is 14.3. The number of hydrogen-bond donors (Lipinski definition) is 0. The van der Waals surface area contributed by atoms with Crippen molar-refractivity contribution in [2.45, 2.75) is 13.5 Å². The van der Waals surface area contributed by atoms with Gasteiger partial charge in [-0.2, -0.15) is 0 Å². The average Bonchev–Trinajstić information content (AvgIpc) is 2.99. The Morgan fingerprint density at radius 3 is 2.42 bits per heavy atom. The number of likely N-dealkylation sites (N-methyl/N-ethyl adjacent to an activating group) is 1. The number of anilines is 1. The lowest BCUT2D eigenvalue weighted by Crippen LogP contribution is -2.25. The molecule has 0 fully saturated rings. The molecule has 4 rings (SSSR count). The maximum atomic E-state index is 12.9. The number of carbonyl (C=O) groups excluding carboxylic acids is 1. The monoisotopic (exact) mass is 579 g/mol. The zero-order chi connectivity index (χ0) is 22.1. The third kappa shape index (κ3) is 4.56. The highest BCUT2D eigenvalue weighted by Crippen LogP contribution is 2.40. The summed E-state index contributed by atoms with van der Waals surface area (Å²) in [4.78, 5) is 14.7. The molecule has 1 heterocycles. The van der Waals surface area contributed by atoms with Crippen molar-refractivity contribution in [2.24, 2.45) is 0 Å². The summed E-state index contributed by atoms with van der Waals surface area (Å²) in [6.45, 7) is 2.90. The maximum Gasteiger partial charge on any atom is 0.258 e. The Bertz CT molecular complexity index is 1190. The van der Waals surface area contributed by atoms with Crippen molar-refractivity contribution in [3.63, 3.8) is 0 Å². The first-order chi connectivity index (χ1) is 14.9. The molecule has 0 aliphatic carbocycles. The number of amides is 1. The van der Waals surface area contributed by atoms with Crippen LogP contribution in [0.5, 0.6) is 5.75 Å². The fraction of sp³-hybridized carbons (Fsp3) is 0.125. The molecule has 158 valence electrons. The lowest BCUT2D eigenvalue weighted by molar-refractivity contribution is -0.112. The van der Waals surface area contributed by atoms with Gasteiger partial charge in [0.05, 0.1) is 14.6 Å². The second-order valence-corrected chi connectivity index (χ2v) is 9.51. The fourth-order valence-corrected chi connectivity index (χ4v) is 5.43. The molecule has 7 heteroatoms. The number of hydrogen-bond acceptors (Lipinski definition) is 2. The molecule has 31 heavy (non-hydrogen) atoms. The number of fused-ring (bicyclic) bond motifs is 1. The predicted molar refractivity (Wildman–Crippen MR) is 135 cm³/mol. The van der Waals surface area contributed by atoms with Gasteiger partial charge in [-0.3, -0.25) is 4.79 Å². The van der Waals surface area contributed by atoms with Crippen molar-refractivity contribution < 1.29 is 9.53 Å². The second kappa shape index (κ2) is 9.37. The Balaban J connectivity index is 1.62. The smallest absolute Gasteiger partial charge is 0.258 e. The van der Waals surface area contributed by atoms with Crippen LogP contribution in [0, 0.1) is 0 Å². The van der Waals surface area contributed by atoms with Crippen LogP contribution in [0.4, 0.5) is 5.69 Å². The lowest BCUT2D eigenvalue weighted by atomic mass is 10.0. The molecule has 1 aliphatic heterocycles. The van der Waals surface area contributed by atoms with Gasteiger partial charge in [0.1, 0.15) is 12.4 Å². The summed E-state index contributed by atoms with van der Waals surface area (Å²) < 4.78 is 7.53. The fourth-order valence-electron chi connectivity index (χ4n) is 3.52. The highest BCUT2D eigenvalue weighted by Gasteiger charge is 2.30. The van der Waals surface area contributed by atoms with Crippen molar-refractivity contribution in [3.8, 4) is 5.75 Å². The van der Waals surface area contributed by atoms with Crippen molar-refractivity contribution in [2.75, 3.05) is 11.4 Å². The van der Waals surface area contributed by atoms with Gasteiger partial charge in [-0.25, -0.2) is 0 Å². The zero-order valence-corrected chi connectivity index (χ0v) is 21.1. The van der Waals surface area contributed by atoms with Crippen LogP contribution in [0.25, 0.3) is 11.6 Å². The Morgan fingerprint density at radius 2 is 1.74 bits per heavy atom. The van der Waals surface area contributed by atoms with Crippen LogP contribution in [0.3, 0.4) is 0 Å². The minimum Gasteiger partial charge on any atom is -0.486 e. The van der Waals surface area contributed by atoms with Gasteiger partial charge in [-0.15, -0.1) is 0 Å². The van der Waals surface area contributed by atoms with E-state index >= 15 is 0 Å². The summed E-state index contributed by atoms with van der Waals surface area (Å²) in [7, 11) is 0. The van der Waals surface area contributed by atoms with E-state index in [1.165, 1.54) is 0 Å². The molecule has 0 aromatic heterocycles. The number of benzene rings is 3. The van der Waals surface area contributed by atoms with E-state index in [0.717, 1.165) is 31.3 Å². The van der Waals surface area contributed by atoms with E-state index in [2.05, 4.69) is 31.9 Å². The van der Waals surface area contributed by atoms with Gasteiger partial charge in [0, 0.05) is 33.3 Å². The van der Waals surface area contributed by atoms with Crippen LogP contribution in [0.15, 0.2) is 63.5 Å². The maximum absolute atomic E-state index is 12.9. The third-order valence-corrected chi connectivity index (χ3v) is 6.76. The highest BCUT2D eigenvalue weighted by atomic mass is 79.9. The largest absolute Gasteiger partial charge is 0.486 e.